The molecule has 140 valence electrons. The van der Waals surface area contributed by atoms with Crippen molar-refractivity contribution in [2.45, 2.75) is 18.9 Å². The molecule has 1 heterocycles. The number of nitrogens with one attached hydrogen (secondary N) is 2. The predicted octanol–water partition coefficient (Wildman–Crippen LogP) is 3.13. The van der Waals surface area contributed by atoms with Crippen molar-refractivity contribution in [1.82, 2.24) is 5.32 Å². The smallest absolute Gasteiger partial charge is 0.331 e. The number of furan rings is 1. The summed E-state index contributed by atoms with van der Waals surface area (Å²) in [7, 11) is 0. The lowest BCUT2D eigenvalue weighted by molar-refractivity contribution is -0.142. The van der Waals surface area contributed by atoms with Gasteiger partial charge in [-0.25, -0.2) is 4.79 Å². The van der Waals surface area contributed by atoms with Gasteiger partial charge in [0.15, 0.2) is 11.3 Å². The molecule has 0 unspecified atom stereocenters. The van der Waals surface area contributed by atoms with Crippen LogP contribution < -0.4 is 10.6 Å². The summed E-state index contributed by atoms with van der Waals surface area (Å²) in [5, 5.41) is 5.46. The molecule has 7 nitrogen and oxygen atoms in total. The number of halogens is 1. The third-order valence-corrected chi connectivity index (χ3v) is 4.11. The highest BCUT2D eigenvalue weighted by Gasteiger charge is 2.25. The average Bonchev–Trinajstić information content (AvgIpc) is 3.37. The number of rotatable bonds is 7. The summed E-state index contributed by atoms with van der Waals surface area (Å²) in [5.41, 5.74) is 0.736. The SMILES string of the molecule is O=C(COC(=O)/C=C/c1ccc(Br)o1)Nc1ccccc1C(=O)NC1CC1. The van der Waals surface area contributed by atoms with E-state index >= 15 is 0 Å². The molecule has 1 aliphatic carbocycles. The fourth-order valence-corrected chi connectivity index (χ4v) is 2.54. The van der Waals surface area contributed by atoms with E-state index in [1.54, 1.807) is 36.4 Å². The second-order valence-electron chi connectivity index (χ2n) is 5.92. The minimum absolute atomic E-state index is 0.212. The number of para-hydroxylation sites is 1. The van der Waals surface area contributed by atoms with E-state index in [1.165, 1.54) is 6.08 Å². The minimum Gasteiger partial charge on any atom is -0.452 e. The first-order valence-corrected chi connectivity index (χ1v) is 9.10. The van der Waals surface area contributed by atoms with Crippen molar-refractivity contribution >= 4 is 45.5 Å². The molecule has 27 heavy (non-hydrogen) atoms. The standard InChI is InChI=1S/C19H17BrN2O5/c20-16-9-7-13(27-16)8-10-18(24)26-11-17(23)22-15-4-2-1-3-14(15)19(25)21-12-5-6-12/h1-4,7-10,12H,5-6,11H2,(H,21,25)(H,22,23)/b10-8+. The Morgan fingerprint density at radius 2 is 1.96 bits per heavy atom. The Hall–Kier alpha value is -2.87. The zero-order chi connectivity index (χ0) is 19.2. The van der Waals surface area contributed by atoms with Crippen LogP contribution in [0.4, 0.5) is 5.69 Å². The number of hydrogen-bond donors (Lipinski definition) is 2. The highest BCUT2D eigenvalue weighted by molar-refractivity contribution is 9.10. The molecule has 1 aromatic carbocycles. The molecule has 3 rings (SSSR count). The lowest BCUT2D eigenvalue weighted by atomic mass is 10.1. The monoisotopic (exact) mass is 432 g/mol. The number of carbonyl (C=O) groups is 3. The molecule has 0 aliphatic heterocycles. The number of anilines is 1. The maximum Gasteiger partial charge on any atom is 0.331 e. The second-order valence-corrected chi connectivity index (χ2v) is 6.71. The van der Waals surface area contributed by atoms with E-state index in [-0.39, 0.29) is 11.9 Å². The highest BCUT2D eigenvalue weighted by atomic mass is 79.9. The van der Waals surface area contributed by atoms with Crippen LogP contribution in [0, 0.1) is 0 Å². The number of hydrogen-bond acceptors (Lipinski definition) is 5. The Balaban J connectivity index is 1.51. The summed E-state index contributed by atoms with van der Waals surface area (Å²) >= 11 is 3.15. The van der Waals surface area contributed by atoms with Gasteiger partial charge in [-0.15, -0.1) is 0 Å². The number of carbonyl (C=O) groups excluding carboxylic acids is 3. The van der Waals surface area contributed by atoms with Crippen molar-refractivity contribution < 1.29 is 23.5 Å². The van der Waals surface area contributed by atoms with Crippen molar-refractivity contribution in [2.75, 3.05) is 11.9 Å². The molecule has 2 amide bonds. The molecule has 0 bridgehead atoms. The van der Waals surface area contributed by atoms with Crippen LogP contribution in [0.15, 0.2) is 51.6 Å². The van der Waals surface area contributed by atoms with Gasteiger partial charge in [0.25, 0.3) is 11.8 Å². The third-order valence-electron chi connectivity index (χ3n) is 3.68. The Kier molecular flexibility index (Phi) is 6.08. The molecule has 0 atom stereocenters. The van der Waals surface area contributed by atoms with Gasteiger partial charge in [-0.3, -0.25) is 9.59 Å². The summed E-state index contributed by atoms with van der Waals surface area (Å²) in [5.74, 6) is -0.988. The molecular formula is C19H17BrN2O5. The van der Waals surface area contributed by atoms with Crippen LogP contribution in [0.25, 0.3) is 6.08 Å². The van der Waals surface area contributed by atoms with Gasteiger partial charge in [0.05, 0.1) is 11.3 Å². The van der Waals surface area contributed by atoms with Gasteiger partial charge in [0.2, 0.25) is 0 Å². The highest BCUT2D eigenvalue weighted by Crippen LogP contribution is 2.21. The van der Waals surface area contributed by atoms with Gasteiger partial charge in [-0.2, -0.15) is 0 Å². The molecular weight excluding hydrogens is 416 g/mol. The van der Waals surface area contributed by atoms with Gasteiger partial charge in [0.1, 0.15) is 5.76 Å². The van der Waals surface area contributed by atoms with Crippen LogP contribution in [-0.2, 0) is 14.3 Å². The van der Waals surface area contributed by atoms with E-state index in [0.29, 0.717) is 21.7 Å². The summed E-state index contributed by atoms with van der Waals surface area (Å²) in [6.07, 6.45) is 4.54. The van der Waals surface area contributed by atoms with Crippen LogP contribution in [0.2, 0.25) is 0 Å². The molecule has 0 radical (unpaired) electrons. The molecule has 1 saturated carbocycles. The van der Waals surface area contributed by atoms with Crippen molar-refractivity contribution in [2.24, 2.45) is 0 Å². The Morgan fingerprint density at radius 3 is 2.67 bits per heavy atom. The number of ether oxygens (including phenoxy) is 1. The first kappa shape index (κ1) is 18.9. The van der Waals surface area contributed by atoms with E-state index in [9.17, 15) is 14.4 Å². The number of amides is 2. The zero-order valence-electron chi connectivity index (χ0n) is 14.2. The quantitative estimate of drug-likeness (QED) is 0.517. The fourth-order valence-electron chi connectivity index (χ4n) is 2.22. The van der Waals surface area contributed by atoms with Gasteiger partial charge >= 0.3 is 5.97 Å². The normalized spacial score (nSPS) is 13.4. The summed E-state index contributed by atoms with van der Waals surface area (Å²) in [6, 6.07) is 10.2. The molecule has 2 aromatic rings. The largest absolute Gasteiger partial charge is 0.452 e. The summed E-state index contributed by atoms with van der Waals surface area (Å²) in [6.45, 7) is -0.469. The first-order valence-electron chi connectivity index (χ1n) is 8.31. The van der Waals surface area contributed by atoms with Crippen LogP contribution in [0.3, 0.4) is 0 Å². The summed E-state index contributed by atoms with van der Waals surface area (Å²) in [4.78, 5) is 35.9. The van der Waals surface area contributed by atoms with Crippen molar-refractivity contribution in [3.8, 4) is 0 Å². The van der Waals surface area contributed by atoms with E-state index in [0.717, 1.165) is 18.9 Å². The van der Waals surface area contributed by atoms with Gasteiger partial charge in [-0.1, -0.05) is 12.1 Å². The summed E-state index contributed by atoms with van der Waals surface area (Å²) < 4.78 is 10.6. The van der Waals surface area contributed by atoms with Gasteiger partial charge < -0.3 is 19.8 Å². The maximum atomic E-state index is 12.2. The van der Waals surface area contributed by atoms with Crippen molar-refractivity contribution in [3.63, 3.8) is 0 Å². The Bertz CT molecular complexity index is 886. The van der Waals surface area contributed by atoms with E-state index in [4.69, 9.17) is 9.15 Å². The predicted molar refractivity (Wildman–Crippen MR) is 102 cm³/mol. The van der Waals surface area contributed by atoms with E-state index < -0.39 is 18.5 Å². The van der Waals surface area contributed by atoms with E-state index in [1.807, 2.05) is 0 Å². The van der Waals surface area contributed by atoms with Crippen LogP contribution >= 0.6 is 15.9 Å². The molecule has 0 saturated heterocycles. The molecule has 1 aliphatic rings. The average molecular weight is 433 g/mol. The minimum atomic E-state index is -0.683. The van der Waals surface area contributed by atoms with Gasteiger partial charge in [0, 0.05) is 12.1 Å². The lowest BCUT2D eigenvalue weighted by Crippen LogP contribution is -2.27. The molecule has 1 fully saturated rings. The lowest BCUT2D eigenvalue weighted by Gasteiger charge is -2.11. The zero-order valence-corrected chi connectivity index (χ0v) is 15.8. The Morgan fingerprint density at radius 1 is 1.19 bits per heavy atom. The van der Waals surface area contributed by atoms with Crippen LogP contribution in [0.5, 0.6) is 0 Å². The fraction of sp³-hybridized carbons (Fsp3) is 0.211. The van der Waals surface area contributed by atoms with Crippen LogP contribution in [-0.4, -0.2) is 30.4 Å². The van der Waals surface area contributed by atoms with E-state index in [2.05, 4.69) is 26.6 Å². The van der Waals surface area contributed by atoms with Crippen LogP contribution in [0.1, 0.15) is 29.0 Å². The Labute approximate surface area is 163 Å². The molecule has 8 heteroatoms. The second kappa shape index (κ2) is 8.68. The number of benzene rings is 1. The topological polar surface area (TPSA) is 97.6 Å². The molecule has 2 N–H and O–H groups in total. The maximum absolute atomic E-state index is 12.2. The molecule has 0 spiro atoms. The number of esters is 1. The third kappa shape index (κ3) is 5.82. The molecule has 1 aromatic heterocycles. The van der Waals surface area contributed by atoms with Crippen molar-refractivity contribution in [3.05, 3.63) is 58.5 Å². The van der Waals surface area contributed by atoms with Gasteiger partial charge in [-0.05, 0) is 59.1 Å². The van der Waals surface area contributed by atoms with Crippen molar-refractivity contribution in [1.29, 1.82) is 0 Å². The first-order chi connectivity index (χ1) is 13.0.